The molecule has 0 radical (unpaired) electrons. The van der Waals surface area contributed by atoms with Crippen LogP contribution < -0.4 is 0 Å². The molecule has 4 nitrogen and oxygen atoms in total. The second kappa shape index (κ2) is 6.85. The Bertz CT molecular complexity index is 711. The van der Waals surface area contributed by atoms with Crippen LogP contribution in [-0.4, -0.2) is 15.2 Å². The summed E-state index contributed by atoms with van der Waals surface area (Å²) >= 11 is 1.42. The Morgan fingerprint density at radius 3 is 2.62 bits per heavy atom. The van der Waals surface area contributed by atoms with E-state index in [0.717, 1.165) is 12.0 Å². The summed E-state index contributed by atoms with van der Waals surface area (Å²) in [5, 5.41) is 10.5. The van der Waals surface area contributed by atoms with Gasteiger partial charge in [-0.2, -0.15) is 0 Å². The molecule has 0 unspecified atom stereocenters. The molecule has 0 aliphatic rings. The van der Waals surface area contributed by atoms with Crippen molar-refractivity contribution in [1.82, 2.24) is 15.2 Å². The van der Waals surface area contributed by atoms with Gasteiger partial charge >= 0.3 is 0 Å². The maximum Gasteiger partial charge on any atom is 0.281 e. The van der Waals surface area contributed by atoms with Crippen molar-refractivity contribution < 1.29 is 4.42 Å². The monoisotopic (exact) mass is 295 g/mol. The molecule has 0 N–H and O–H groups in total. The van der Waals surface area contributed by atoms with Gasteiger partial charge in [-0.15, -0.1) is 10.2 Å². The fourth-order valence-electron chi connectivity index (χ4n) is 1.77. The largest absolute Gasteiger partial charge is 0.411 e. The van der Waals surface area contributed by atoms with Crippen molar-refractivity contribution in [2.45, 2.75) is 11.6 Å². The molecule has 0 fully saturated rings. The Labute approximate surface area is 126 Å². The number of hydrogen-bond donors (Lipinski definition) is 0. The zero-order valence-electron chi connectivity index (χ0n) is 11.2. The minimum atomic E-state index is 0.511. The zero-order valence-corrected chi connectivity index (χ0v) is 12.0. The summed E-state index contributed by atoms with van der Waals surface area (Å²) in [6.45, 7) is 0. The maximum atomic E-state index is 5.58. The number of pyridine rings is 1. The molecule has 0 aliphatic heterocycles. The third-order valence-electron chi connectivity index (χ3n) is 2.80. The number of benzene rings is 1. The van der Waals surface area contributed by atoms with E-state index in [0.29, 0.717) is 11.1 Å². The van der Waals surface area contributed by atoms with E-state index in [1.165, 1.54) is 17.3 Å². The number of aromatic nitrogens is 3. The first kappa shape index (κ1) is 13.6. The summed E-state index contributed by atoms with van der Waals surface area (Å²) < 4.78 is 5.58. The van der Waals surface area contributed by atoms with Gasteiger partial charge in [-0.25, -0.2) is 0 Å². The van der Waals surface area contributed by atoms with Crippen LogP contribution in [0.4, 0.5) is 0 Å². The smallest absolute Gasteiger partial charge is 0.281 e. The van der Waals surface area contributed by atoms with Gasteiger partial charge in [0.15, 0.2) is 0 Å². The molecule has 21 heavy (non-hydrogen) atoms. The van der Waals surface area contributed by atoms with Crippen LogP contribution in [0.25, 0.3) is 11.5 Å². The predicted octanol–water partition coefficient (Wildman–Crippen LogP) is 3.98. The van der Waals surface area contributed by atoms with Gasteiger partial charge in [0.2, 0.25) is 5.89 Å². The summed E-state index contributed by atoms with van der Waals surface area (Å²) in [4.78, 5) is 3.96. The van der Waals surface area contributed by atoms with E-state index in [4.69, 9.17) is 4.42 Å². The lowest BCUT2D eigenvalue weighted by molar-refractivity contribution is 0.467. The molecular weight excluding hydrogens is 282 g/mol. The fourth-order valence-corrected chi connectivity index (χ4v) is 2.30. The normalized spacial score (nSPS) is 11.0. The lowest BCUT2D eigenvalue weighted by atomic mass is 10.2. The van der Waals surface area contributed by atoms with Gasteiger partial charge in [0, 0.05) is 18.0 Å². The van der Waals surface area contributed by atoms with E-state index >= 15 is 0 Å². The average molecular weight is 295 g/mol. The minimum absolute atomic E-state index is 0.511. The first-order chi connectivity index (χ1) is 10.4. The SMILES string of the molecule is C(=C\Sc1nnc(-c2ccncc2)o1)/Cc1ccccc1. The number of hydrogen-bond acceptors (Lipinski definition) is 5. The number of rotatable bonds is 5. The molecule has 5 heteroatoms. The van der Waals surface area contributed by atoms with Gasteiger partial charge in [0.1, 0.15) is 0 Å². The second-order valence-electron chi connectivity index (χ2n) is 4.29. The van der Waals surface area contributed by atoms with Crippen LogP contribution in [0, 0.1) is 0 Å². The van der Waals surface area contributed by atoms with Crippen LogP contribution in [0.2, 0.25) is 0 Å². The van der Waals surface area contributed by atoms with Crippen molar-refractivity contribution in [1.29, 1.82) is 0 Å². The van der Waals surface area contributed by atoms with Crippen molar-refractivity contribution in [2.75, 3.05) is 0 Å². The molecule has 0 spiro atoms. The van der Waals surface area contributed by atoms with Gasteiger partial charge in [0.25, 0.3) is 5.22 Å². The van der Waals surface area contributed by atoms with E-state index in [2.05, 4.69) is 33.4 Å². The van der Waals surface area contributed by atoms with Crippen LogP contribution in [0.1, 0.15) is 5.56 Å². The van der Waals surface area contributed by atoms with Crippen molar-refractivity contribution in [2.24, 2.45) is 0 Å². The second-order valence-corrected chi connectivity index (χ2v) is 5.15. The van der Waals surface area contributed by atoms with E-state index in [1.807, 2.05) is 35.7 Å². The number of nitrogens with zero attached hydrogens (tertiary/aromatic N) is 3. The quantitative estimate of drug-likeness (QED) is 0.666. The Morgan fingerprint density at radius 2 is 1.81 bits per heavy atom. The molecule has 0 amide bonds. The van der Waals surface area contributed by atoms with Crippen molar-refractivity contribution in [3.05, 3.63) is 71.9 Å². The van der Waals surface area contributed by atoms with Crippen LogP contribution in [0.15, 0.2) is 76.0 Å². The average Bonchev–Trinajstić information content (AvgIpc) is 3.02. The van der Waals surface area contributed by atoms with E-state index in [-0.39, 0.29) is 0 Å². The zero-order chi connectivity index (χ0) is 14.3. The molecule has 2 heterocycles. The Balaban J connectivity index is 1.58. The lowest BCUT2D eigenvalue weighted by Gasteiger charge is -1.93. The molecule has 0 saturated carbocycles. The standard InChI is InChI=1S/C16H13N3OS/c1-2-5-13(6-3-1)7-4-12-21-16-19-18-15(20-16)14-8-10-17-11-9-14/h1-6,8-12H,7H2/b12-4+. The lowest BCUT2D eigenvalue weighted by Crippen LogP contribution is -1.77. The number of allylic oxidation sites excluding steroid dienone is 1. The molecule has 0 aliphatic carbocycles. The van der Waals surface area contributed by atoms with Crippen molar-refractivity contribution >= 4 is 11.8 Å². The highest BCUT2D eigenvalue weighted by Gasteiger charge is 2.07. The van der Waals surface area contributed by atoms with Gasteiger partial charge in [0.05, 0.1) is 0 Å². The molecule has 3 rings (SSSR count). The number of thioether (sulfide) groups is 1. The van der Waals surface area contributed by atoms with Gasteiger partial charge in [-0.05, 0) is 41.3 Å². The molecule has 104 valence electrons. The van der Waals surface area contributed by atoms with E-state index in [9.17, 15) is 0 Å². The maximum absolute atomic E-state index is 5.58. The van der Waals surface area contributed by atoms with Crippen molar-refractivity contribution in [3.8, 4) is 11.5 Å². The van der Waals surface area contributed by atoms with E-state index < -0.39 is 0 Å². The third-order valence-corrected chi connectivity index (χ3v) is 3.49. The first-order valence-electron chi connectivity index (χ1n) is 6.51. The molecule has 3 aromatic rings. The van der Waals surface area contributed by atoms with Crippen molar-refractivity contribution in [3.63, 3.8) is 0 Å². The Morgan fingerprint density at radius 1 is 1.00 bits per heavy atom. The summed E-state index contributed by atoms with van der Waals surface area (Å²) in [6, 6.07) is 14.0. The molecule has 0 atom stereocenters. The van der Waals surface area contributed by atoms with E-state index in [1.54, 1.807) is 12.4 Å². The third kappa shape index (κ3) is 3.79. The van der Waals surface area contributed by atoms with Crippen LogP contribution >= 0.6 is 11.8 Å². The van der Waals surface area contributed by atoms with Crippen LogP contribution in [0.5, 0.6) is 0 Å². The van der Waals surface area contributed by atoms with Gasteiger partial charge in [-0.3, -0.25) is 4.98 Å². The predicted molar refractivity (Wildman–Crippen MR) is 82.7 cm³/mol. The van der Waals surface area contributed by atoms with Crippen LogP contribution in [-0.2, 0) is 6.42 Å². The first-order valence-corrected chi connectivity index (χ1v) is 7.39. The Kier molecular flexibility index (Phi) is 4.43. The molecule has 0 saturated heterocycles. The Hall–Kier alpha value is -2.40. The summed E-state index contributed by atoms with van der Waals surface area (Å²) in [5.41, 5.74) is 2.15. The van der Waals surface area contributed by atoms with Gasteiger partial charge in [-0.1, -0.05) is 36.4 Å². The highest BCUT2D eigenvalue weighted by atomic mass is 32.2. The highest BCUT2D eigenvalue weighted by Crippen LogP contribution is 2.23. The van der Waals surface area contributed by atoms with Crippen LogP contribution in [0.3, 0.4) is 0 Å². The molecular formula is C16H13N3OS. The fraction of sp³-hybridized carbons (Fsp3) is 0.0625. The minimum Gasteiger partial charge on any atom is -0.411 e. The summed E-state index contributed by atoms with van der Waals surface area (Å²) in [7, 11) is 0. The molecule has 1 aromatic carbocycles. The summed E-state index contributed by atoms with van der Waals surface area (Å²) in [5.74, 6) is 0.511. The summed E-state index contributed by atoms with van der Waals surface area (Å²) in [6.07, 6.45) is 6.37. The highest BCUT2D eigenvalue weighted by molar-refractivity contribution is 8.01. The van der Waals surface area contributed by atoms with Gasteiger partial charge < -0.3 is 4.42 Å². The molecule has 2 aromatic heterocycles. The topological polar surface area (TPSA) is 51.8 Å². The molecule has 0 bridgehead atoms.